The molecule has 3 rings (SSSR count). The summed E-state index contributed by atoms with van der Waals surface area (Å²) in [6.07, 6.45) is 1.78. The molecule has 0 atom stereocenters. The zero-order chi connectivity index (χ0) is 17.6. The number of benzene rings is 1. The number of carbonyl (C=O) groups is 1. The topological polar surface area (TPSA) is 58.9 Å². The summed E-state index contributed by atoms with van der Waals surface area (Å²) in [7, 11) is 0. The first-order valence-corrected chi connectivity index (χ1v) is 9.50. The maximum Gasteiger partial charge on any atom is 0.281 e. The number of para-hydroxylation sites is 2. The van der Waals surface area contributed by atoms with Crippen LogP contribution in [-0.2, 0) is 4.79 Å². The van der Waals surface area contributed by atoms with Crippen molar-refractivity contribution in [3.05, 3.63) is 35.3 Å². The Balaban J connectivity index is 1.51. The second-order valence-corrected chi connectivity index (χ2v) is 7.37. The van der Waals surface area contributed by atoms with Gasteiger partial charge in [0.05, 0.1) is 38.5 Å². The third-order valence-electron chi connectivity index (χ3n) is 4.25. The molecule has 1 amide bonds. The highest BCUT2D eigenvalue weighted by Gasteiger charge is 2.24. The van der Waals surface area contributed by atoms with Gasteiger partial charge in [-0.3, -0.25) is 10.1 Å². The average molecular weight is 361 g/mol. The highest BCUT2D eigenvalue weighted by Crippen LogP contribution is 2.27. The smallest absolute Gasteiger partial charge is 0.281 e. The molecule has 7 heteroatoms. The Hall–Kier alpha value is -2.12. The highest BCUT2D eigenvalue weighted by molar-refractivity contribution is 7.15. The van der Waals surface area contributed by atoms with Crippen molar-refractivity contribution < 1.29 is 14.4 Å². The second-order valence-electron chi connectivity index (χ2n) is 6.14. The van der Waals surface area contributed by atoms with Gasteiger partial charge in [-0.15, -0.1) is 11.3 Å². The van der Waals surface area contributed by atoms with Crippen LogP contribution >= 0.6 is 11.3 Å². The van der Waals surface area contributed by atoms with Gasteiger partial charge in [-0.05, 0) is 26.0 Å². The second kappa shape index (κ2) is 8.31. The number of hydrogen-bond acceptors (Lipinski definition) is 5. The number of hydrogen-bond donors (Lipinski definition) is 2. The van der Waals surface area contributed by atoms with E-state index in [0.717, 1.165) is 42.5 Å². The summed E-state index contributed by atoms with van der Waals surface area (Å²) in [6, 6.07) is 8.16. The van der Waals surface area contributed by atoms with Gasteiger partial charge in [-0.2, -0.15) is 0 Å². The number of nitrogens with zero attached hydrogens (tertiary/aromatic N) is 2. The lowest BCUT2D eigenvalue weighted by molar-refractivity contribution is -0.892. The largest absolute Gasteiger partial charge is 0.492 e. The number of thiazole rings is 1. The molecule has 0 saturated carbocycles. The summed E-state index contributed by atoms with van der Waals surface area (Å²) in [5.41, 5.74) is 1.14. The zero-order valence-electron chi connectivity index (χ0n) is 14.7. The number of aryl methyl sites for hydroxylation is 1. The van der Waals surface area contributed by atoms with Gasteiger partial charge in [0.1, 0.15) is 5.75 Å². The van der Waals surface area contributed by atoms with Crippen LogP contribution in [-0.4, -0.2) is 50.2 Å². The minimum Gasteiger partial charge on any atom is -0.492 e. The van der Waals surface area contributed by atoms with E-state index in [2.05, 4.69) is 21.3 Å². The van der Waals surface area contributed by atoms with E-state index >= 15 is 0 Å². The molecule has 1 saturated heterocycles. The maximum atomic E-state index is 12.2. The third kappa shape index (κ3) is 4.70. The molecule has 134 valence electrons. The molecule has 1 aliphatic heterocycles. The van der Waals surface area contributed by atoms with Crippen LogP contribution < -0.4 is 19.9 Å². The average Bonchev–Trinajstić information content (AvgIpc) is 3.01. The fourth-order valence-corrected chi connectivity index (χ4v) is 3.72. The van der Waals surface area contributed by atoms with E-state index in [1.807, 2.05) is 32.0 Å². The summed E-state index contributed by atoms with van der Waals surface area (Å²) in [5.74, 6) is 0.970. The predicted molar refractivity (Wildman–Crippen MR) is 101 cm³/mol. The number of quaternary nitrogens is 1. The Bertz CT molecular complexity index is 711. The van der Waals surface area contributed by atoms with Crippen LogP contribution in [0.5, 0.6) is 5.75 Å². The number of amides is 1. The van der Waals surface area contributed by atoms with E-state index in [9.17, 15) is 4.79 Å². The van der Waals surface area contributed by atoms with Crippen molar-refractivity contribution in [1.29, 1.82) is 0 Å². The fourth-order valence-electron chi connectivity index (χ4n) is 3.04. The molecule has 1 aromatic heterocycles. The number of ether oxygens (including phenoxy) is 1. The van der Waals surface area contributed by atoms with Crippen molar-refractivity contribution in [2.45, 2.75) is 13.8 Å². The Morgan fingerprint density at radius 1 is 1.36 bits per heavy atom. The molecule has 25 heavy (non-hydrogen) atoms. The molecule has 2 N–H and O–H groups in total. The van der Waals surface area contributed by atoms with Crippen molar-refractivity contribution >= 4 is 28.1 Å². The third-order valence-corrected chi connectivity index (χ3v) is 5.08. The van der Waals surface area contributed by atoms with Crippen LogP contribution in [0.25, 0.3) is 0 Å². The zero-order valence-corrected chi connectivity index (χ0v) is 15.6. The number of rotatable bonds is 6. The normalized spacial score (nSPS) is 15.2. The lowest BCUT2D eigenvalue weighted by atomic mass is 10.2. The number of carbonyl (C=O) groups excluding carboxylic acids is 1. The van der Waals surface area contributed by atoms with Crippen molar-refractivity contribution in [1.82, 2.24) is 4.98 Å². The molecule has 1 aromatic carbocycles. The summed E-state index contributed by atoms with van der Waals surface area (Å²) in [4.78, 5) is 21.1. The van der Waals surface area contributed by atoms with Gasteiger partial charge in [0.2, 0.25) is 0 Å². The number of aromatic nitrogens is 1. The SMILES string of the molecule is CCOc1ccccc1N1CC[NH+](CC(=O)Nc2ncc(C)s2)CC1. The summed E-state index contributed by atoms with van der Waals surface area (Å²) in [6.45, 7) is 8.85. The van der Waals surface area contributed by atoms with Gasteiger partial charge >= 0.3 is 0 Å². The molecule has 6 nitrogen and oxygen atoms in total. The van der Waals surface area contributed by atoms with Crippen LogP contribution in [0.2, 0.25) is 0 Å². The first-order chi connectivity index (χ1) is 12.2. The Morgan fingerprint density at radius 2 is 2.12 bits per heavy atom. The summed E-state index contributed by atoms with van der Waals surface area (Å²) in [5, 5.41) is 3.58. The van der Waals surface area contributed by atoms with Crippen LogP contribution in [0.1, 0.15) is 11.8 Å². The molecule has 0 bridgehead atoms. The van der Waals surface area contributed by atoms with Gasteiger partial charge in [0, 0.05) is 11.1 Å². The molecule has 1 fully saturated rings. The number of piperazine rings is 1. The Kier molecular flexibility index (Phi) is 5.88. The minimum atomic E-state index is 0.0347. The summed E-state index contributed by atoms with van der Waals surface area (Å²) < 4.78 is 5.73. The molecule has 0 unspecified atom stereocenters. The van der Waals surface area contributed by atoms with E-state index in [4.69, 9.17) is 4.74 Å². The van der Waals surface area contributed by atoms with Crippen molar-refractivity contribution in [3.63, 3.8) is 0 Å². The highest BCUT2D eigenvalue weighted by atomic mass is 32.1. The lowest BCUT2D eigenvalue weighted by Crippen LogP contribution is -3.15. The van der Waals surface area contributed by atoms with Gasteiger partial charge in [0.15, 0.2) is 11.7 Å². The van der Waals surface area contributed by atoms with Crippen molar-refractivity contribution in [2.75, 3.05) is 49.5 Å². The van der Waals surface area contributed by atoms with Crippen LogP contribution in [0.3, 0.4) is 0 Å². The van der Waals surface area contributed by atoms with E-state index in [1.54, 1.807) is 6.20 Å². The monoisotopic (exact) mass is 361 g/mol. The van der Waals surface area contributed by atoms with Crippen LogP contribution in [0, 0.1) is 6.92 Å². The van der Waals surface area contributed by atoms with E-state index in [0.29, 0.717) is 18.3 Å². The number of nitrogens with one attached hydrogen (secondary N) is 2. The molecular formula is C18H25N4O2S+. The molecule has 0 radical (unpaired) electrons. The van der Waals surface area contributed by atoms with Crippen LogP contribution in [0.15, 0.2) is 30.5 Å². The van der Waals surface area contributed by atoms with Crippen LogP contribution in [0.4, 0.5) is 10.8 Å². The fraction of sp³-hybridized carbons (Fsp3) is 0.444. The van der Waals surface area contributed by atoms with Gasteiger partial charge < -0.3 is 14.5 Å². The van der Waals surface area contributed by atoms with Gasteiger partial charge in [-0.1, -0.05) is 12.1 Å². The summed E-state index contributed by atoms with van der Waals surface area (Å²) >= 11 is 1.51. The molecular weight excluding hydrogens is 336 g/mol. The minimum absolute atomic E-state index is 0.0347. The van der Waals surface area contributed by atoms with E-state index in [1.165, 1.54) is 16.2 Å². The van der Waals surface area contributed by atoms with E-state index < -0.39 is 0 Å². The molecule has 0 aliphatic carbocycles. The predicted octanol–water partition coefficient (Wildman–Crippen LogP) is 1.19. The Labute approximate surface area is 152 Å². The van der Waals surface area contributed by atoms with Gasteiger partial charge in [0.25, 0.3) is 5.91 Å². The van der Waals surface area contributed by atoms with Crippen molar-refractivity contribution in [3.8, 4) is 5.75 Å². The standard InChI is InChI=1S/C18H24N4O2S/c1-3-24-16-7-5-4-6-15(16)22-10-8-21(9-11-22)13-17(23)20-18-19-12-14(2)25-18/h4-7,12H,3,8-11,13H2,1-2H3,(H,19,20,23)/p+1. The molecule has 2 aromatic rings. The molecule has 2 heterocycles. The lowest BCUT2D eigenvalue weighted by Gasteiger charge is -2.34. The Morgan fingerprint density at radius 3 is 2.80 bits per heavy atom. The molecule has 1 aliphatic rings. The maximum absolute atomic E-state index is 12.2. The van der Waals surface area contributed by atoms with Crippen molar-refractivity contribution in [2.24, 2.45) is 0 Å². The first kappa shape index (κ1) is 17.7. The quantitative estimate of drug-likeness (QED) is 0.812. The molecule has 0 spiro atoms. The van der Waals surface area contributed by atoms with Gasteiger partial charge in [-0.25, -0.2) is 4.98 Å². The number of anilines is 2. The van der Waals surface area contributed by atoms with E-state index in [-0.39, 0.29) is 5.91 Å². The first-order valence-electron chi connectivity index (χ1n) is 8.68.